The molecule has 0 N–H and O–H groups in total. The van der Waals surface area contributed by atoms with E-state index in [1.807, 2.05) is 45.0 Å². The molecule has 1 aromatic carbocycles. The summed E-state index contributed by atoms with van der Waals surface area (Å²) in [7, 11) is 1.35. The minimum absolute atomic E-state index is 0.368. The molecule has 5 nitrogen and oxygen atoms in total. The summed E-state index contributed by atoms with van der Waals surface area (Å²) < 4.78 is 11.4. The van der Waals surface area contributed by atoms with Gasteiger partial charge >= 0.3 is 12.1 Å². The highest BCUT2D eigenvalue weighted by atomic mass is 16.6. The lowest BCUT2D eigenvalue weighted by molar-refractivity contribution is -0.588. The molecule has 1 heterocycles. The van der Waals surface area contributed by atoms with Crippen molar-refractivity contribution >= 4 is 12.1 Å². The molecule has 0 amide bonds. The Hall–Kier alpha value is -2.69. The second-order valence-electron chi connectivity index (χ2n) is 6.04. The average Bonchev–Trinajstić information content (AvgIpc) is 2.53. The Balaban J connectivity index is 2.16. The molecule has 0 saturated carbocycles. The Morgan fingerprint density at radius 1 is 0.913 bits per heavy atom. The predicted molar refractivity (Wildman–Crippen MR) is 85.0 cm³/mol. The highest BCUT2D eigenvalue weighted by Gasteiger charge is 2.24. The number of benzene rings is 1. The van der Waals surface area contributed by atoms with Crippen molar-refractivity contribution in [3.05, 3.63) is 54.4 Å². The van der Waals surface area contributed by atoms with E-state index in [0.717, 1.165) is 11.1 Å². The molecule has 2 aromatic rings. The van der Waals surface area contributed by atoms with Crippen LogP contribution >= 0.6 is 0 Å². The predicted octanol–water partition coefficient (Wildman–Crippen LogP) is 3.21. The molecule has 5 heteroatoms. The van der Waals surface area contributed by atoms with Crippen molar-refractivity contribution in [2.45, 2.75) is 26.4 Å². The first-order valence-electron chi connectivity index (χ1n) is 7.23. The molecule has 23 heavy (non-hydrogen) atoms. The van der Waals surface area contributed by atoms with Crippen molar-refractivity contribution in [3.8, 4) is 11.1 Å². The van der Waals surface area contributed by atoms with Crippen molar-refractivity contribution in [2.75, 3.05) is 7.11 Å². The van der Waals surface area contributed by atoms with Crippen LogP contribution in [0.2, 0.25) is 0 Å². The van der Waals surface area contributed by atoms with E-state index in [9.17, 15) is 9.59 Å². The second-order valence-corrected chi connectivity index (χ2v) is 6.04. The van der Waals surface area contributed by atoms with Crippen molar-refractivity contribution in [1.29, 1.82) is 0 Å². The van der Waals surface area contributed by atoms with Gasteiger partial charge in [-0.2, -0.15) is 4.79 Å². The molecule has 0 fully saturated rings. The van der Waals surface area contributed by atoms with Crippen molar-refractivity contribution in [1.82, 2.24) is 0 Å². The quantitative estimate of drug-likeness (QED) is 0.631. The third kappa shape index (κ3) is 4.39. The molecule has 0 spiro atoms. The topological polar surface area (TPSA) is 56.5 Å². The van der Waals surface area contributed by atoms with Crippen LogP contribution in [0.5, 0.6) is 0 Å². The zero-order valence-corrected chi connectivity index (χ0v) is 13.7. The summed E-state index contributed by atoms with van der Waals surface area (Å²) in [4.78, 5) is 23.4. The van der Waals surface area contributed by atoms with Crippen molar-refractivity contribution in [3.63, 3.8) is 0 Å². The molecule has 0 aliphatic rings. The van der Waals surface area contributed by atoms with E-state index in [0.29, 0.717) is 5.56 Å². The van der Waals surface area contributed by atoms with Gasteiger partial charge < -0.3 is 9.47 Å². The van der Waals surface area contributed by atoms with E-state index in [2.05, 4.69) is 4.74 Å². The molecule has 0 unspecified atom stereocenters. The number of esters is 1. The Bertz CT molecular complexity index is 697. The average molecular weight is 314 g/mol. The summed E-state index contributed by atoms with van der Waals surface area (Å²) in [6.45, 7) is 5.47. The van der Waals surface area contributed by atoms with E-state index >= 15 is 0 Å². The Morgan fingerprint density at radius 2 is 1.43 bits per heavy atom. The van der Waals surface area contributed by atoms with E-state index in [4.69, 9.17) is 4.74 Å². The maximum Gasteiger partial charge on any atom is 0.602 e. The lowest BCUT2D eigenvalue weighted by atomic mass is 10.1. The van der Waals surface area contributed by atoms with Crippen LogP contribution in [0.4, 0.5) is 4.79 Å². The minimum Gasteiger partial charge on any atom is -0.465 e. The number of aromatic nitrogens is 1. The number of methoxy groups -OCH3 is 1. The van der Waals surface area contributed by atoms with Crippen LogP contribution in [0.1, 0.15) is 31.1 Å². The van der Waals surface area contributed by atoms with Crippen LogP contribution in [0.15, 0.2) is 48.8 Å². The number of nitrogens with zero attached hydrogens (tertiary/aromatic N) is 1. The van der Waals surface area contributed by atoms with Gasteiger partial charge in [0.1, 0.15) is 5.60 Å². The van der Waals surface area contributed by atoms with Gasteiger partial charge in [0.05, 0.1) is 12.7 Å². The van der Waals surface area contributed by atoms with Gasteiger partial charge in [-0.3, -0.25) is 0 Å². The van der Waals surface area contributed by atoms with Crippen molar-refractivity contribution < 1.29 is 23.6 Å². The zero-order chi connectivity index (χ0) is 17.0. The smallest absolute Gasteiger partial charge is 0.465 e. The molecule has 0 saturated heterocycles. The summed E-state index contributed by atoms with van der Waals surface area (Å²) in [6.07, 6.45) is 2.87. The maximum atomic E-state index is 12.0. The third-order valence-electron chi connectivity index (χ3n) is 3.07. The molecule has 2 rings (SSSR count). The van der Waals surface area contributed by atoms with Crippen LogP contribution in [-0.4, -0.2) is 24.8 Å². The normalized spacial score (nSPS) is 11.0. The molecule has 0 aliphatic heterocycles. The Kier molecular flexibility index (Phi) is 4.79. The molecule has 1 aromatic heterocycles. The molecule has 0 aliphatic carbocycles. The van der Waals surface area contributed by atoms with Gasteiger partial charge in [0, 0.05) is 12.1 Å². The number of hydrogen-bond donors (Lipinski definition) is 0. The molecular formula is C18H20NO4+. The van der Waals surface area contributed by atoms with Gasteiger partial charge in [0.25, 0.3) is 0 Å². The molecule has 0 bridgehead atoms. The Labute approximate surface area is 135 Å². The first kappa shape index (κ1) is 16.7. The highest BCUT2D eigenvalue weighted by molar-refractivity contribution is 5.89. The fourth-order valence-corrected chi connectivity index (χ4v) is 1.97. The van der Waals surface area contributed by atoms with Crippen LogP contribution in [0.3, 0.4) is 0 Å². The second kappa shape index (κ2) is 6.60. The summed E-state index contributed by atoms with van der Waals surface area (Å²) in [5.41, 5.74) is 1.83. The first-order chi connectivity index (χ1) is 10.8. The summed E-state index contributed by atoms with van der Waals surface area (Å²) >= 11 is 0. The highest BCUT2D eigenvalue weighted by Crippen LogP contribution is 2.18. The van der Waals surface area contributed by atoms with Crippen LogP contribution in [-0.2, 0) is 9.47 Å². The number of hydrogen-bond acceptors (Lipinski definition) is 4. The SMILES string of the molecule is COC(=O)c1ccc(-c2cc[n+](C(=O)OC(C)(C)C)cc2)cc1. The fraction of sp³-hybridized carbons (Fsp3) is 0.278. The maximum absolute atomic E-state index is 12.0. The molecule has 0 atom stereocenters. The van der Waals surface area contributed by atoms with Gasteiger partial charge in [-0.05, 0) is 44.0 Å². The Morgan fingerprint density at radius 3 is 1.91 bits per heavy atom. The van der Waals surface area contributed by atoms with Crippen LogP contribution < -0.4 is 4.57 Å². The molecule has 0 radical (unpaired) electrons. The summed E-state index contributed by atoms with van der Waals surface area (Å²) in [5.74, 6) is -0.368. The van der Waals surface area contributed by atoms with Gasteiger partial charge in [0.2, 0.25) is 0 Å². The van der Waals surface area contributed by atoms with E-state index < -0.39 is 11.7 Å². The first-order valence-corrected chi connectivity index (χ1v) is 7.23. The number of carbonyl (C=O) groups is 2. The van der Waals surface area contributed by atoms with Crippen LogP contribution in [0.25, 0.3) is 11.1 Å². The standard InChI is InChI=1S/C18H20NO4/c1-18(2,3)23-17(21)19-11-9-14(10-12-19)13-5-7-15(8-6-13)16(20)22-4/h5-12H,1-4H3/q+1. The van der Waals surface area contributed by atoms with E-state index in [-0.39, 0.29) is 5.97 Å². The zero-order valence-electron chi connectivity index (χ0n) is 13.7. The lowest BCUT2D eigenvalue weighted by Crippen LogP contribution is -2.45. The number of rotatable bonds is 2. The molecule has 120 valence electrons. The number of pyridine rings is 1. The minimum atomic E-state index is -0.535. The van der Waals surface area contributed by atoms with E-state index in [1.165, 1.54) is 11.7 Å². The molecular weight excluding hydrogens is 294 g/mol. The van der Waals surface area contributed by atoms with Gasteiger partial charge in [0.15, 0.2) is 12.4 Å². The number of carbonyl (C=O) groups excluding carboxylic acids is 2. The monoisotopic (exact) mass is 314 g/mol. The summed E-state index contributed by atoms with van der Waals surface area (Å²) in [6, 6.07) is 10.7. The summed E-state index contributed by atoms with van der Waals surface area (Å²) in [5, 5.41) is 0. The van der Waals surface area contributed by atoms with Crippen LogP contribution in [0, 0.1) is 0 Å². The largest absolute Gasteiger partial charge is 0.602 e. The van der Waals surface area contributed by atoms with Gasteiger partial charge in [-0.15, -0.1) is 0 Å². The van der Waals surface area contributed by atoms with Gasteiger partial charge in [-0.1, -0.05) is 16.7 Å². The van der Waals surface area contributed by atoms with Crippen molar-refractivity contribution in [2.24, 2.45) is 0 Å². The third-order valence-corrected chi connectivity index (χ3v) is 3.07. The van der Waals surface area contributed by atoms with E-state index in [1.54, 1.807) is 24.5 Å². The number of ether oxygens (including phenoxy) is 2. The fourth-order valence-electron chi connectivity index (χ4n) is 1.97. The lowest BCUT2D eigenvalue weighted by Gasteiger charge is -2.15. The van der Waals surface area contributed by atoms with Gasteiger partial charge in [-0.25, -0.2) is 4.79 Å².